The molecule has 0 aliphatic rings. The number of pyridine rings is 1. The second-order valence-corrected chi connectivity index (χ2v) is 4.39. The SMILES string of the molecule is CCC(=O)OOc1ccccc1Oc1ncc(Cl)c(F)c1F. The van der Waals surface area contributed by atoms with Crippen LogP contribution in [-0.2, 0) is 9.68 Å². The largest absolute Gasteiger partial charge is 0.432 e. The molecule has 0 aliphatic carbocycles. The fraction of sp³-hybridized carbons (Fsp3) is 0.143. The molecule has 0 unspecified atom stereocenters. The summed E-state index contributed by atoms with van der Waals surface area (Å²) in [6, 6.07) is 5.97. The first kappa shape index (κ1) is 16.0. The summed E-state index contributed by atoms with van der Waals surface area (Å²) in [5, 5.41) is -0.466. The van der Waals surface area contributed by atoms with Crippen molar-refractivity contribution in [3.63, 3.8) is 0 Å². The van der Waals surface area contributed by atoms with Crippen LogP contribution >= 0.6 is 11.6 Å². The van der Waals surface area contributed by atoms with E-state index in [1.54, 1.807) is 19.1 Å². The minimum atomic E-state index is -1.34. The first-order chi connectivity index (χ1) is 10.5. The molecule has 1 heterocycles. The zero-order valence-corrected chi connectivity index (χ0v) is 12.1. The fourth-order valence-electron chi connectivity index (χ4n) is 1.36. The molecule has 0 aliphatic heterocycles. The molecule has 0 spiro atoms. The average Bonchev–Trinajstić information content (AvgIpc) is 2.54. The van der Waals surface area contributed by atoms with E-state index in [0.29, 0.717) is 0 Å². The van der Waals surface area contributed by atoms with Gasteiger partial charge in [-0.3, -0.25) is 9.78 Å². The maximum Gasteiger partial charge on any atom is 0.355 e. The molecule has 0 fully saturated rings. The summed E-state index contributed by atoms with van der Waals surface area (Å²) in [5.74, 6) is -3.85. The molecule has 5 nitrogen and oxygen atoms in total. The fourth-order valence-corrected chi connectivity index (χ4v) is 1.49. The number of benzene rings is 1. The summed E-state index contributed by atoms with van der Waals surface area (Å²) in [6.07, 6.45) is 1.03. The van der Waals surface area contributed by atoms with Crippen LogP contribution in [0.5, 0.6) is 17.4 Å². The lowest BCUT2D eigenvalue weighted by Crippen LogP contribution is -2.07. The van der Waals surface area contributed by atoms with Crippen LogP contribution in [0.1, 0.15) is 13.3 Å². The summed E-state index contributed by atoms with van der Waals surface area (Å²) >= 11 is 5.41. The maximum absolute atomic E-state index is 13.7. The predicted octanol–water partition coefficient (Wildman–Crippen LogP) is 4.05. The van der Waals surface area contributed by atoms with E-state index < -0.39 is 28.5 Å². The van der Waals surface area contributed by atoms with Crippen LogP contribution in [-0.4, -0.2) is 11.0 Å². The van der Waals surface area contributed by atoms with Gasteiger partial charge in [-0.05, 0) is 12.1 Å². The number of nitrogens with zero attached hydrogens (tertiary/aromatic N) is 1. The Hall–Kier alpha value is -2.41. The molecular formula is C14H10ClF2NO4. The number of aromatic nitrogens is 1. The summed E-state index contributed by atoms with van der Waals surface area (Å²) in [7, 11) is 0. The van der Waals surface area contributed by atoms with Gasteiger partial charge in [-0.15, -0.1) is 0 Å². The lowest BCUT2D eigenvalue weighted by Gasteiger charge is -2.10. The number of hydrogen-bond donors (Lipinski definition) is 0. The zero-order chi connectivity index (χ0) is 16.1. The molecule has 22 heavy (non-hydrogen) atoms. The van der Waals surface area contributed by atoms with E-state index in [0.717, 1.165) is 6.20 Å². The van der Waals surface area contributed by atoms with Crippen molar-refractivity contribution in [2.24, 2.45) is 0 Å². The molecule has 0 N–H and O–H groups in total. The Balaban J connectivity index is 2.23. The monoisotopic (exact) mass is 329 g/mol. The van der Waals surface area contributed by atoms with Gasteiger partial charge in [0.1, 0.15) is 0 Å². The Labute approximate surface area is 129 Å². The minimum Gasteiger partial charge on any atom is -0.432 e. The number of halogens is 3. The Morgan fingerprint density at radius 2 is 1.91 bits per heavy atom. The van der Waals surface area contributed by atoms with Crippen molar-refractivity contribution in [1.29, 1.82) is 0 Å². The molecule has 0 saturated heterocycles. The van der Waals surface area contributed by atoms with Crippen molar-refractivity contribution in [2.75, 3.05) is 0 Å². The molecule has 0 atom stereocenters. The van der Waals surface area contributed by atoms with Crippen LogP contribution in [0.3, 0.4) is 0 Å². The number of rotatable bonds is 5. The van der Waals surface area contributed by atoms with Gasteiger partial charge in [-0.1, -0.05) is 30.7 Å². The molecule has 116 valence electrons. The van der Waals surface area contributed by atoms with Crippen molar-refractivity contribution >= 4 is 17.6 Å². The van der Waals surface area contributed by atoms with Gasteiger partial charge in [0.25, 0.3) is 5.88 Å². The van der Waals surface area contributed by atoms with Crippen LogP contribution in [0.4, 0.5) is 8.78 Å². The van der Waals surface area contributed by atoms with Gasteiger partial charge in [0.05, 0.1) is 11.2 Å². The third kappa shape index (κ3) is 3.62. The number of hydrogen-bond acceptors (Lipinski definition) is 5. The minimum absolute atomic E-state index is 0.000795. The molecule has 1 aromatic heterocycles. The van der Waals surface area contributed by atoms with Crippen molar-refractivity contribution in [3.05, 3.63) is 47.1 Å². The van der Waals surface area contributed by atoms with Gasteiger partial charge < -0.3 is 4.74 Å². The number of carbonyl (C=O) groups excluding carboxylic acids is 1. The highest BCUT2D eigenvalue weighted by molar-refractivity contribution is 6.30. The first-order valence-electron chi connectivity index (χ1n) is 6.16. The van der Waals surface area contributed by atoms with Gasteiger partial charge in [0.2, 0.25) is 11.6 Å². The number of carbonyl (C=O) groups is 1. The standard InChI is InChI=1S/C14H10ClF2NO4/c1-2-11(19)22-21-10-6-4-3-5-9(10)20-14-13(17)12(16)8(15)7-18-14/h3-7H,2H2,1H3. The third-order valence-corrected chi connectivity index (χ3v) is 2.72. The molecule has 0 bridgehead atoms. The van der Waals surface area contributed by atoms with Crippen molar-refractivity contribution in [1.82, 2.24) is 4.98 Å². The highest BCUT2D eigenvalue weighted by Gasteiger charge is 2.18. The normalized spacial score (nSPS) is 10.2. The lowest BCUT2D eigenvalue weighted by atomic mass is 10.3. The maximum atomic E-state index is 13.7. The molecule has 2 rings (SSSR count). The van der Waals surface area contributed by atoms with E-state index in [1.165, 1.54) is 12.1 Å². The van der Waals surface area contributed by atoms with E-state index >= 15 is 0 Å². The van der Waals surface area contributed by atoms with Crippen LogP contribution < -0.4 is 9.62 Å². The lowest BCUT2D eigenvalue weighted by molar-refractivity contribution is -0.213. The molecule has 0 radical (unpaired) electrons. The molecule has 1 aromatic carbocycles. The average molecular weight is 330 g/mol. The van der Waals surface area contributed by atoms with Gasteiger partial charge in [-0.25, -0.2) is 14.2 Å². The van der Waals surface area contributed by atoms with Crippen molar-refractivity contribution in [2.45, 2.75) is 13.3 Å². The second-order valence-electron chi connectivity index (χ2n) is 3.98. The van der Waals surface area contributed by atoms with Crippen molar-refractivity contribution < 1.29 is 28.1 Å². The van der Waals surface area contributed by atoms with Crippen molar-refractivity contribution in [3.8, 4) is 17.4 Å². The van der Waals surface area contributed by atoms with Crippen LogP contribution in [0.25, 0.3) is 0 Å². The third-order valence-electron chi connectivity index (χ3n) is 2.45. The quantitative estimate of drug-likeness (QED) is 0.611. The van der Waals surface area contributed by atoms with Gasteiger partial charge in [0, 0.05) is 6.42 Å². The van der Waals surface area contributed by atoms with Crippen LogP contribution in [0.15, 0.2) is 30.5 Å². The van der Waals surface area contributed by atoms with E-state index in [2.05, 4.69) is 9.87 Å². The summed E-state index contributed by atoms with van der Waals surface area (Å²) in [6.45, 7) is 1.59. The summed E-state index contributed by atoms with van der Waals surface area (Å²) < 4.78 is 32.2. The molecule has 0 amide bonds. The van der Waals surface area contributed by atoms with Gasteiger partial charge >= 0.3 is 5.97 Å². The highest BCUT2D eigenvalue weighted by Crippen LogP contribution is 2.33. The molecule has 0 saturated carbocycles. The molecule has 8 heteroatoms. The smallest absolute Gasteiger partial charge is 0.355 e. The van der Waals surface area contributed by atoms with Crippen LogP contribution in [0.2, 0.25) is 5.02 Å². The zero-order valence-electron chi connectivity index (χ0n) is 11.3. The number of para-hydroxylation sites is 2. The Kier molecular flexibility index (Phi) is 5.11. The summed E-state index contributed by atoms with van der Waals surface area (Å²) in [4.78, 5) is 23.9. The van der Waals surface area contributed by atoms with E-state index in [9.17, 15) is 13.6 Å². The first-order valence-corrected chi connectivity index (χ1v) is 6.54. The second kappa shape index (κ2) is 7.04. The van der Waals surface area contributed by atoms with Gasteiger partial charge in [-0.2, -0.15) is 4.39 Å². The predicted molar refractivity (Wildman–Crippen MR) is 72.7 cm³/mol. The van der Waals surface area contributed by atoms with E-state index in [1.807, 2.05) is 0 Å². The topological polar surface area (TPSA) is 57.7 Å². The number of ether oxygens (including phenoxy) is 1. The Morgan fingerprint density at radius 1 is 1.23 bits per heavy atom. The highest BCUT2D eigenvalue weighted by atomic mass is 35.5. The Bertz CT molecular complexity index is 697. The Morgan fingerprint density at radius 3 is 2.59 bits per heavy atom. The van der Waals surface area contributed by atoms with Gasteiger partial charge in [0.15, 0.2) is 11.6 Å². The molecule has 2 aromatic rings. The van der Waals surface area contributed by atoms with E-state index in [4.69, 9.17) is 21.2 Å². The molecular weight excluding hydrogens is 320 g/mol. The van der Waals surface area contributed by atoms with E-state index in [-0.39, 0.29) is 17.9 Å². The van der Waals surface area contributed by atoms with Crippen LogP contribution in [0, 0.1) is 11.6 Å². The summed E-state index contributed by atoms with van der Waals surface area (Å²) in [5.41, 5.74) is 0.